The molecule has 5 atom stereocenters. The van der Waals surface area contributed by atoms with Crippen LogP contribution in [0.4, 0.5) is 13.2 Å². The number of fused-ring (bicyclic) bond motifs is 3. The van der Waals surface area contributed by atoms with Crippen molar-refractivity contribution in [3.05, 3.63) is 93.9 Å². The normalized spacial score (nSPS) is 28.0. The van der Waals surface area contributed by atoms with Crippen molar-refractivity contribution in [2.24, 2.45) is 11.8 Å². The van der Waals surface area contributed by atoms with Crippen LogP contribution in [0.2, 0.25) is 0 Å². The van der Waals surface area contributed by atoms with Crippen LogP contribution in [0.5, 0.6) is 0 Å². The molecule has 6 nitrogen and oxygen atoms in total. The Balaban J connectivity index is 1.07. The van der Waals surface area contributed by atoms with Gasteiger partial charge in [0.2, 0.25) is 0 Å². The Labute approximate surface area is 292 Å². The minimum absolute atomic E-state index is 0.0390. The van der Waals surface area contributed by atoms with Gasteiger partial charge in [-0.15, -0.1) is 11.8 Å². The Morgan fingerprint density at radius 1 is 1.04 bits per heavy atom. The van der Waals surface area contributed by atoms with Gasteiger partial charge in [-0.3, -0.25) is 14.9 Å². The molecule has 5 unspecified atom stereocenters. The highest BCUT2D eigenvalue weighted by molar-refractivity contribution is 8.04. The van der Waals surface area contributed by atoms with Gasteiger partial charge in [0, 0.05) is 46.9 Å². The van der Waals surface area contributed by atoms with Gasteiger partial charge >= 0.3 is 6.18 Å². The Morgan fingerprint density at radius 3 is 2.45 bits per heavy atom. The number of piperidine rings is 1. The van der Waals surface area contributed by atoms with E-state index in [-0.39, 0.29) is 35.0 Å². The molecule has 6 rings (SSSR count). The molecule has 0 spiro atoms. The molecule has 1 saturated heterocycles. The first kappa shape index (κ1) is 35.9. The van der Waals surface area contributed by atoms with Gasteiger partial charge in [0.05, 0.1) is 11.4 Å². The second-order valence-electron chi connectivity index (χ2n) is 14.5. The van der Waals surface area contributed by atoms with Crippen LogP contribution in [0.3, 0.4) is 0 Å². The van der Waals surface area contributed by atoms with Crippen molar-refractivity contribution in [1.29, 1.82) is 0 Å². The Hall–Kier alpha value is -2.92. The molecule has 0 radical (unpaired) electrons. The van der Waals surface area contributed by atoms with Crippen LogP contribution in [-0.2, 0) is 15.6 Å². The summed E-state index contributed by atoms with van der Waals surface area (Å²) in [7, 11) is 0. The zero-order valence-electron chi connectivity index (χ0n) is 28.4. The average molecular weight is 696 g/mol. The number of halogens is 3. The smallest absolute Gasteiger partial charge is 0.378 e. The van der Waals surface area contributed by atoms with Crippen LogP contribution in [0.1, 0.15) is 80.3 Å². The highest BCUT2D eigenvalue weighted by Crippen LogP contribution is 2.62. The molecule has 2 aromatic carbocycles. The van der Waals surface area contributed by atoms with E-state index in [4.69, 9.17) is 0 Å². The van der Waals surface area contributed by atoms with E-state index in [1.54, 1.807) is 12.1 Å². The number of thioether (sulfide) groups is 1. The number of alkyl halides is 3. The fourth-order valence-electron chi connectivity index (χ4n) is 9.27. The van der Waals surface area contributed by atoms with Crippen molar-refractivity contribution in [2.75, 3.05) is 31.9 Å². The summed E-state index contributed by atoms with van der Waals surface area (Å²) < 4.78 is 40.1. The predicted octanol–water partition coefficient (Wildman–Crippen LogP) is 6.90. The maximum absolute atomic E-state index is 13.4. The van der Waals surface area contributed by atoms with Crippen molar-refractivity contribution in [1.82, 2.24) is 15.5 Å². The highest BCUT2D eigenvalue weighted by Gasteiger charge is 2.62. The van der Waals surface area contributed by atoms with E-state index in [1.807, 2.05) is 36.4 Å². The maximum Gasteiger partial charge on any atom is 0.401 e. The number of nitrogens with one attached hydrogen (secondary N) is 2. The van der Waals surface area contributed by atoms with Gasteiger partial charge in [-0.1, -0.05) is 87.0 Å². The fourth-order valence-corrected chi connectivity index (χ4v) is 10.3. The van der Waals surface area contributed by atoms with Crippen LogP contribution in [-0.4, -0.2) is 72.1 Å². The van der Waals surface area contributed by atoms with Crippen molar-refractivity contribution >= 4 is 23.5 Å². The van der Waals surface area contributed by atoms with E-state index in [9.17, 15) is 27.9 Å². The van der Waals surface area contributed by atoms with Crippen molar-refractivity contribution in [2.45, 2.75) is 88.1 Å². The van der Waals surface area contributed by atoms with Crippen LogP contribution in [0, 0.1) is 11.8 Å². The molecule has 49 heavy (non-hydrogen) atoms. The molecule has 2 aromatic rings. The number of amides is 1. The van der Waals surface area contributed by atoms with Gasteiger partial charge in [-0.25, -0.2) is 0 Å². The lowest BCUT2D eigenvalue weighted by molar-refractivity contribution is -0.137. The number of ketones is 1. The Kier molecular flexibility index (Phi) is 10.8. The lowest BCUT2D eigenvalue weighted by atomic mass is 9.57. The SMILES string of the molecule is CC1CC=CC2(C)c3ccccc3C(CCCCN3CCC(NC(=O)C4=C(C(=O)c5ccccc5)CCS4)CC3)(C(O)NCC(F)(F)F)C12. The summed E-state index contributed by atoms with van der Waals surface area (Å²) in [5.41, 5.74) is 2.04. The van der Waals surface area contributed by atoms with Gasteiger partial charge in [-0.05, 0) is 68.0 Å². The Bertz CT molecular complexity index is 1570. The summed E-state index contributed by atoms with van der Waals surface area (Å²) in [6, 6.07) is 17.2. The lowest BCUT2D eigenvalue weighted by Crippen LogP contribution is -2.57. The zero-order chi connectivity index (χ0) is 34.8. The molecule has 0 aromatic heterocycles. The topological polar surface area (TPSA) is 81.7 Å². The van der Waals surface area contributed by atoms with Gasteiger partial charge < -0.3 is 15.3 Å². The number of rotatable bonds is 12. The summed E-state index contributed by atoms with van der Waals surface area (Å²) in [6.45, 7) is 5.61. The second-order valence-corrected chi connectivity index (χ2v) is 15.6. The number of hydrogen-bond acceptors (Lipinski definition) is 6. The van der Waals surface area contributed by atoms with Crippen LogP contribution in [0.15, 0.2) is 77.2 Å². The monoisotopic (exact) mass is 695 g/mol. The van der Waals surface area contributed by atoms with Crippen molar-refractivity contribution in [3.63, 3.8) is 0 Å². The number of benzene rings is 2. The molecule has 4 aliphatic rings. The molecule has 1 amide bonds. The van der Waals surface area contributed by atoms with Crippen LogP contribution < -0.4 is 10.6 Å². The summed E-state index contributed by atoms with van der Waals surface area (Å²) in [5, 5.41) is 17.4. The first-order valence-corrected chi connectivity index (χ1v) is 18.7. The minimum atomic E-state index is -4.43. The summed E-state index contributed by atoms with van der Waals surface area (Å²) in [5.74, 6) is 0.640. The molecule has 2 heterocycles. The van der Waals surface area contributed by atoms with E-state index >= 15 is 0 Å². The van der Waals surface area contributed by atoms with E-state index < -0.39 is 24.4 Å². The van der Waals surface area contributed by atoms with Crippen molar-refractivity contribution < 1.29 is 27.9 Å². The number of aliphatic hydroxyl groups excluding tert-OH is 1. The summed E-state index contributed by atoms with van der Waals surface area (Å²) in [6.07, 6.45) is 3.87. The van der Waals surface area contributed by atoms with Crippen LogP contribution >= 0.6 is 11.8 Å². The number of aliphatic hydroxyl groups is 1. The number of allylic oxidation sites excluding steroid dienone is 3. The van der Waals surface area contributed by atoms with Gasteiger partial charge in [0.1, 0.15) is 6.23 Å². The van der Waals surface area contributed by atoms with E-state index in [0.29, 0.717) is 28.9 Å². The largest absolute Gasteiger partial charge is 0.401 e. The van der Waals surface area contributed by atoms with Gasteiger partial charge in [-0.2, -0.15) is 13.2 Å². The van der Waals surface area contributed by atoms with Gasteiger partial charge in [0.15, 0.2) is 5.78 Å². The summed E-state index contributed by atoms with van der Waals surface area (Å²) in [4.78, 5) is 29.3. The average Bonchev–Trinajstić information content (AvgIpc) is 3.67. The molecule has 264 valence electrons. The number of unbranched alkanes of at least 4 members (excludes halogenated alkanes) is 1. The number of nitrogens with zero attached hydrogens (tertiary/aromatic N) is 1. The maximum atomic E-state index is 13.4. The quantitative estimate of drug-likeness (QED) is 0.0971. The molecule has 3 N–H and O–H groups in total. The standard InChI is InChI=1S/C39H48F3N3O3S/c1-26-11-10-19-37(2)30-14-6-7-15-31(30)38(34(26)37,36(48)43-25-39(40,41)42)20-8-9-21-45-22-16-28(17-23-45)44-35(47)33-29(18-24-49-33)32(46)27-12-4-3-5-13-27/h3-7,10,12-15,19,26,28,34,36,43,48H,8-9,11,16-18,20-25H2,1-2H3,(H,44,47). The van der Waals surface area contributed by atoms with Crippen molar-refractivity contribution in [3.8, 4) is 0 Å². The number of hydrogen-bond donors (Lipinski definition) is 3. The zero-order valence-corrected chi connectivity index (χ0v) is 29.2. The van der Waals surface area contributed by atoms with E-state index in [0.717, 1.165) is 68.6 Å². The predicted molar refractivity (Wildman–Crippen MR) is 188 cm³/mol. The highest BCUT2D eigenvalue weighted by atomic mass is 32.2. The first-order valence-electron chi connectivity index (χ1n) is 17.7. The molecule has 0 saturated carbocycles. The number of carbonyl (C=O) groups is 2. The van der Waals surface area contributed by atoms with Gasteiger partial charge in [0.25, 0.3) is 5.91 Å². The summed E-state index contributed by atoms with van der Waals surface area (Å²) >= 11 is 1.46. The van der Waals surface area contributed by atoms with E-state index in [2.05, 4.69) is 47.6 Å². The third kappa shape index (κ3) is 7.30. The third-order valence-corrected chi connectivity index (χ3v) is 12.5. The minimum Gasteiger partial charge on any atom is -0.378 e. The molecular weight excluding hydrogens is 648 g/mol. The molecule has 2 aliphatic heterocycles. The third-order valence-electron chi connectivity index (χ3n) is 11.4. The number of carbonyl (C=O) groups excluding carboxylic acids is 2. The first-order chi connectivity index (χ1) is 23.4. The lowest BCUT2D eigenvalue weighted by Gasteiger charge is -2.49. The Morgan fingerprint density at radius 2 is 1.73 bits per heavy atom. The fraction of sp³-hybridized carbons (Fsp3) is 0.538. The number of likely N-dealkylation sites (tertiary alicyclic amines) is 1. The molecule has 2 aliphatic carbocycles. The van der Waals surface area contributed by atoms with Crippen LogP contribution in [0.25, 0.3) is 0 Å². The number of Topliss-reactive ketones (excluding diaryl/α,β-unsaturated/α-hetero) is 1. The molecule has 1 fully saturated rings. The second kappa shape index (κ2) is 14.7. The molecule has 0 bridgehead atoms. The molecule has 10 heteroatoms. The van der Waals surface area contributed by atoms with E-state index in [1.165, 1.54) is 11.8 Å². The molecular formula is C39H48F3N3O3S.